The molecule has 132 valence electrons. The highest BCUT2D eigenvalue weighted by Crippen LogP contribution is 2.34. The van der Waals surface area contributed by atoms with Gasteiger partial charge in [-0.05, 0) is 51.1 Å². The topological polar surface area (TPSA) is 54.7 Å². The van der Waals surface area contributed by atoms with Crippen LogP contribution >= 0.6 is 0 Å². The van der Waals surface area contributed by atoms with Gasteiger partial charge in [0.2, 0.25) is 0 Å². The number of nitrogens with zero attached hydrogens (tertiary/aromatic N) is 2. The lowest BCUT2D eigenvalue weighted by molar-refractivity contribution is -0.136. The van der Waals surface area contributed by atoms with E-state index in [0.717, 1.165) is 40.9 Å². The molecule has 1 aromatic carbocycles. The minimum absolute atomic E-state index is 0.102. The number of carboxylic acid groups (broad SMARTS) is 1. The highest BCUT2D eigenvalue weighted by Gasteiger charge is 2.19. The van der Waals surface area contributed by atoms with Gasteiger partial charge in [-0.3, -0.25) is 9.69 Å². The average Bonchev–Trinajstić information content (AvgIpc) is 3.00. The third kappa shape index (κ3) is 3.41. The Kier molecular flexibility index (Phi) is 5.89. The Labute approximate surface area is 143 Å². The van der Waals surface area contributed by atoms with Gasteiger partial charge in [0.05, 0.1) is 18.8 Å². The molecule has 1 unspecified atom stereocenters. The quantitative estimate of drug-likeness (QED) is 0.798. The predicted octanol–water partition coefficient (Wildman–Crippen LogP) is 3.84. The smallest absolute Gasteiger partial charge is 0.303 e. The summed E-state index contributed by atoms with van der Waals surface area (Å²) < 4.78 is 7.79. The predicted molar refractivity (Wildman–Crippen MR) is 96.8 cm³/mol. The van der Waals surface area contributed by atoms with Gasteiger partial charge in [0.15, 0.2) is 0 Å². The zero-order chi connectivity index (χ0) is 17.9. The Morgan fingerprint density at radius 2 is 2.04 bits per heavy atom. The molecule has 0 fully saturated rings. The minimum Gasteiger partial charge on any atom is -0.496 e. The summed E-state index contributed by atoms with van der Waals surface area (Å²) in [5, 5.41) is 10.1. The first-order valence-electron chi connectivity index (χ1n) is 8.57. The molecule has 2 aromatic rings. The number of ether oxygens (including phenoxy) is 1. The van der Waals surface area contributed by atoms with E-state index in [9.17, 15) is 4.79 Å². The van der Waals surface area contributed by atoms with Crippen LogP contribution in [0.15, 0.2) is 18.3 Å². The molecule has 0 radical (unpaired) electrons. The first-order chi connectivity index (χ1) is 11.4. The van der Waals surface area contributed by atoms with Gasteiger partial charge in [-0.15, -0.1) is 0 Å². The van der Waals surface area contributed by atoms with E-state index in [1.807, 2.05) is 6.07 Å². The Morgan fingerprint density at radius 1 is 1.38 bits per heavy atom. The molecule has 1 heterocycles. The molecule has 2 rings (SSSR count). The second kappa shape index (κ2) is 7.71. The van der Waals surface area contributed by atoms with Gasteiger partial charge in [-0.25, -0.2) is 0 Å². The van der Waals surface area contributed by atoms with Crippen LogP contribution in [0.2, 0.25) is 0 Å². The molecular weight excluding hydrogens is 304 g/mol. The molecule has 0 aliphatic heterocycles. The van der Waals surface area contributed by atoms with E-state index < -0.39 is 5.97 Å². The molecule has 1 atom stereocenters. The maximum Gasteiger partial charge on any atom is 0.303 e. The van der Waals surface area contributed by atoms with Gasteiger partial charge in [0.25, 0.3) is 0 Å². The molecule has 24 heavy (non-hydrogen) atoms. The van der Waals surface area contributed by atoms with Gasteiger partial charge in [0.1, 0.15) is 5.75 Å². The molecule has 1 aromatic heterocycles. The molecule has 0 bridgehead atoms. The highest BCUT2D eigenvalue weighted by atomic mass is 16.5. The van der Waals surface area contributed by atoms with Crippen molar-refractivity contribution in [3.8, 4) is 5.75 Å². The minimum atomic E-state index is -0.790. The van der Waals surface area contributed by atoms with Crippen LogP contribution in [0.5, 0.6) is 5.75 Å². The van der Waals surface area contributed by atoms with Crippen molar-refractivity contribution in [3.05, 3.63) is 29.5 Å². The fourth-order valence-electron chi connectivity index (χ4n) is 3.50. The SMILES string of the molecule is CCN(CC)C(C)n1ccc2c(CCC(=O)O)c(OC)cc(C)c21. The zero-order valence-corrected chi connectivity index (χ0v) is 15.3. The van der Waals surface area contributed by atoms with Crippen molar-refractivity contribution in [2.24, 2.45) is 0 Å². The molecular formula is C19H28N2O3. The fraction of sp³-hybridized carbons (Fsp3) is 0.526. The molecule has 0 saturated carbocycles. The van der Waals surface area contributed by atoms with Gasteiger partial charge < -0.3 is 14.4 Å². The van der Waals surface area contributed by atoms with E-state index in [2.05, 4.69) is 49.4 Å². The van der Waals surface area contributed by atoms with Crippen molar-refractivity contribution in [1.29, 1.82) is 0 Å². The van der Waals surface area contributed by atoms with E-state index >= 15 is 0 Å². The maximum absolute atomic E-state index is 11.0. The van der Waals surface area contributed by atoms with Crippen LogP contribution in [0.1, 0.15) is 44.5 Å². The number of aryl methyl sites for hydroxylation is 2. The number of carbonyl (C=O) groups is 1. The van der Waals surface area contributed by atoms with E-state index in [1.165, 1.54) is 0 Å². The third-order valence-corrected chi connectivity index (χ3v) is 4.81. The molecule has 5 heteroatoms. The highest BCUT2D eigenvalue weighted by molar-refractivity contribution is 5.89. The summed E-state index contributed by atoms with van der Waals surface area (Å²) in [5.41, 5.74) is 3.28. The fourth-order valence-corrected chi connectivity index (χ4v) is 3.50. The Balaban J connectivity index is 2.58. The standard InChI is InChI=1S/C19H28N2O3/c1-6-20(7-2)14(4)21-11-10-16-15(8-9-18(22)23)17(24-5)12-13(3)19(16)21/h10-12,14H,6-9H2,1-5H3,(H,22,23). The molecule has 0 aliphatic rings. The van der Waals surface area contributed by atoms with Crippen LogP contribution in [-0.4, -0.2) is 40.7 Å². The van der Waals surface area contributed by atoms with Crippen molar-refractivity contribution in [1.82, 2.24) is 9.47 Å². The second-order valence-electron chi connectivity index (χ2n) is 6.11. The van der Waals surface area contributed by atoms with Crippen LogP contribution in [0.25, 0.3) is 10.9 Å². The monoisotopic (exact) mass is 332 g/mol. The molecule has 1 N–H and O–H groups in total. The summed E-state index contributed by atoms with van der Waals surface area (Å²) in [6.07, 6.45) is 2.92. The second-order valence-corrected chi connectivity index (χ2v) is 6.11. The van der Waals surface area contributed by atoms with E-state index in [1.54, 1.807) is 7.11 Å². The van der Waals surface area contributed by atoms with Crippen molar-refractivity contribution < 1.29 is 14.6 Å². The normalized spacial score (nSPS) is 12.8. The molecule has 0 saturated heterocycles. The lowest BCUT2D eigenvalue weighted by Gasteiger charge is -2.29. The summed E-state index contributed by atoms with van der Waals surface area (Å²) in [6.45, 7) is 10.6. The van der Waals surface area contributed by atoms with Crippen molar-refractivity contribution in [2.75, 3.05) is 20.2 Å². The van der Waals surface area contributed by atoms with Crippen LogP contribution in [0, 0.1) is 6.92 Å². The molecule has 0 spiro atoms. The number of benzene rings is 1. The molecule has 0 amide bonds. The summed E-state index contributed by atoms with van der Waals surface area (Å²) in [6, 6.07) is 4.10. The van der Waals surface area contributed by atoms with Crippen molar-refractivity contribution in [2.45, 2.75) is 46.7 Å². The number of methoxy groups -OCH3 is 1. The lowest BCUT2D eigenvalue weighted by Crippen LogP contribution is -2.30. The van der Waals surface area contributed by atoms with Crippen LogP contribution in [0.4, 0.5) is 0 Å². The Hall–Kier alpha value is -2.01. The summed E-state index contributed by atoms with van der Waals surface area (Å²) in [4.78, 5) is 13.4. The first kappa shape index (κ1) is 18.3. The van der Waals surface area contributed by atoms with Crippen molar-refractivity contribution >= 4 is 16.9 Å². The van der Waals surface area contributed by atoms with Gasteiger partial charge in [0, 0.05) is 23.6 Å². The molecule has 0 aliphatic carbocycles. The summed E-state index contributed by atoms with van der Waals surface area (Å²) in [5.74, 6) is -0.0174. The number of rotatable bonds is 8. The number of fused-ring (bicyclic) bond motifs is 1. The Bertz CT molecular complexity index is 717. The van der Waals surface area contributed by atoms with Crippen LogP contribution < -0.4 is 4.74 Å². The summed E-state index contributed by atoms with van der Waals surface area (Å²) >= 11 is 0. The number of hydrogen-bond acceptors (Lipinski definition) is 3. The van der Waals surface area contributed by atoms with Crippen LogP contribution in [0.3, 0.4) is 0 Å². The molecule has 5 nitrogen and oxygen atoms in total. The van der Waals surface area contributed by atoms with Crippen molar-refractivity contribution in [3.63, 3.8) is 0 Å². The van der Waals surface area contributed by atoms with Gasteiger partial charge >= 0.3 is 5.97 Å². The zero-order valence-electron chi connectivity index (χ0n) is 15.3. The van der Waals surface area contributed by atoms with Crippen LogP contribution in [-0.2, 0) is 11.2 Å². The van der Waals surface area contributed by atoms with Gasteiger partial charge in [-0.1, -0.05) is 13.8 Å². The lowest BCUT2D eigenvalue weighted by atomic mass is 10.0. The van der Waals surface area contributed by atoms with E-state index in [0.29, 0.717) is 6.42 Å². The number of hydrogen-bond donors (Lipinski definition) is 1. The average molecular weight is 332 g/mol. The van der Waals surface area contributed by atoms with E-state index in [-0.39, 0.29) is 12.6 Å². The third-order valence-electron chi connectivity index (χ3n) is 4.81. The van der Waals surface area contributed by atoms with E-state index in [4.69, 9.17) is 9.84 Å². The number of aromatic nitrogens is 1. The maximum atomic E-state index is 11.0. The number of aliphatic carboxylic acids is 1. The van der Waals surface area contributed by atoms with Gasteiger partial charge in [-0.2, -0.15) is 0 Å². The summed E-state index contributed by atoms with van der Waals surface area (Å²) in [7, 11) is 1.64. The first-order valence-corrected chi connectivity index (χ1v) is 8.57. The largest absolute Gasteiger partial charge is 0.496 e. The Morgan fingerprint density at radius 3 is 2.58 bits per heavy atom. The number of carboxylic acids is 1.